The first kappa shape index (κ1) is 20.2. The van der Waals surface area contributed by atoms with Gasteiger partial charge in [0, 0.05) is 23.9 Å². The number of aromatic amines is 1. The monoisotopic (exact) mass is 407 g/mol. The number of nitrogens with zero attached hydrogens (tertiary/aromatic N) is 2. The number of H-pyrrole nitrogens is 1. The topological polar surface area (TPSA) is 86.2 Å². The van der Waals surface area contributed by atoms with Gasteiger partial charge in [0.05, 0.1) is 18.0 Å². The molecular weight excluding hydrogens is 391 g/mol. The lowest BCUT2D eigenvalue weighted by atomic mass is 10.2. The highest BCUT2D eigenvalue weighted by Gasteiger charge is 2.28. The van der Waals surface area contributed by atoms with Crippen molar-refractivity contribution < 1.29 is 22.6 Å². The second-order valence-corrected chi connectivity index (χ2v) is 5.87. The molecule has 0 saturated heterocycles. The Morgan fingerprint density at radius 3 is 2.41 bits per heavy atom. The third kappa shape index (κ3) is 5.03. The summed E-state index contributed by atoms with van der Waals surface area (Å²) in [7, 11) is 0. The van der Waals surface area contributed by atoms with Crippen molar-refractivity contribution in [1.82, 2.24) is 14.5 Å². The van der Waals surface area contributed by atoms with Crippen molar-refractivity contribution in [2.75, 3.05) is 13.2 Å². The van der Waals surface area contributed by atoms with Crippen LogP contribution in [-0.2, 0) is 0 Å². The smallest absolute Gasteiger partial charge is 0.422 e. The number of hydrogen-bond donors (Lipinski definition) is 1. The van der Waals surface area contributed by atoms with E-state index in [4.69, 9.17) is 4.74 Å². The minimum absolute atomic E-state index is 0.00479. The van der Waals surface area contributed by atoms with Gasteiger partial charge < -0.3 is 14.5 Å². The van der Waals surface area contributed by atoms with E-state index in [1.165, 1.54) is 47.2 Å². The highest BCUT2D eigenvalue weighted by atomic mass is 19.4. The van der Waals surface area contributed by atoms with Gasteiger partial charge in [0.15, 0.2) is 6.61 Å². The third-order valence-electron chi connectivity index (χ3n) is 3.73. The molecule has 10 heteroatoms. The molecule has 152 valence electrons. The average molecular weight is 407 g/mol. The fraction of sp³-hybridized carbons (Fsp3) is 0.211. The van der Waals surface area contributed by atoms with Gasteiger partial charge in [0.2, 0.25) is 5.56 Å². The SMILES string of the molecule is CCOc1nc(-c2cc[nH]c(=O)c2)cc(=O)n1-c1ccc(OCC(F)(F)F)cc1. The third-order valence-corrected chi connectivity index (χ3v) is 3.73. The molecule has 1 aromatic carbocycles. The maximum Gasteiger partial charge on any atom is 0.422 e. The van der Waals surface area contributed by atoms with Gasteiger partial charge in [-0.1, -0.05) is 0 Å². The lowest BCUT2D eigenvalue weighted by molar-refractivity contribution is -0.153. The van der Waals surface area contributed by atoms with Gasteiger partial charge >= 0.3 is 12.2 Å². The number of aromatic nitrogens is 3. The molecule has 0 amide bonds. The van der Waals surface area contributed by atoms with Crippen molar-refractivity contribution in [2.45, 2.75) is 13.1 Å². The quantitative estimate of drug-likeness (QED) is 0.679. The number of pyridine rings is 1. The summed E-state index contributed by atoms with van der Waals surface area (Å²) >= 11 is 0. The average Bonchev–Trinajstić information content (AvgIpc) is 2.66. The van der Waals surface area contributed by atoms with Crippen molar-refractivity contribution in [3.63, 3.8) is 0 Å². The summed E-state index contributed by atoms with van der Waals surface area (Å²) in [6.07, 6.45) is -3.01. The first-order chi connectivity index (χ1) is 13.8. The van der Waals surface area contributed by atoms with Crippen LogP contribution in [0.1, 0.15) is 6.92 Å². The van der Waals surface area contributed by atoms with Gasteiger partial charge in [0.1, 0.15) is 5.75 Å². The van der Waals surface area contributed by atoms with Crippen LogP contribution >= 0.6 is 0 Å². The first-order valence-electron chi connectivity index (χ1n) is 8.53. The Balaban J connectivity index is 1.98. The second-order valence-electron chi connectivity index (χ2n) is 5.87. The number of nitrogens with one attached hydrogen (secondary N) is 1. The molecule has 0 saturated carbocycles. The molecule has 29 heavy (non-hydrogen) atoms. The molecule has 3 aromatic rings. The molecule has 0 aliphatic heterocycles. The fourth-order valence-electron chi connectivity index (χ4n) is 2.53. The first-order valence-corrected chi connectivity index (χ1v) is 8.53. The predicted molar refractivity (Wildman–Crippen MR) is 98.6 cm³/mol. The Hall–Kier alpha value is -3.56. The molecule has 0 aliphatic rings. The summed E-state index contributed by atoms with van der Waals surface area (Å²) in [5.74, 6) is 0.00479. The highest BCUT2D eigenvalue weighted by molar-refractivity contribution is 5.58. The molecule has 7 nitrogen and oxygen atoms in total. The predicted octanol–water partition coefficient (Wildman–Crippen LogP) is 2.93. The number of rotatable bonds is 6. The van der Waals surface area contributed by atoms with Gasteiger partial charge in [-0.05, 0) is 37.3 Å². The van der Waals surface area contributed by atoms with E-state index in [1.54, 1.807) is 13.0 Å². The molecule has 0 bridgehead atoms. The van der Waals surface area contributed by atoms with Crippen LogP contribution in [0.25, 0.3) is 16.9 Å². The Bertz CT molecular complexity index is 1110. The van der Waals surface area contributed by atoms with Crippen LogP contribution in [0.15, 0.2) is 58.3 Å². The van der Waals surface area contributed by atoms with E-state index in [-0.39, 0.29) is 29.6 Å². The van der Waals surface area contributed by atoms with Crippen LogP contribution in [0.3, 0.4) is 0 Å². The molecule has 0 fully saturated rings. The van der Waals surface area contributed by atoms with Crippen LogP contribution in [0.5, 0.6) is 11.8 Å². The largest absolute Gasteiger partial charge is 0.484 e. The molecule has 0 aliphatic carbocycles. The number of alkyl halides is 3. The van der Waals surface area contributed by atoms with Crippen LogP contribution in [0.2, 0.25) is 0 Å². The molecule has 0 unspecified atom stereocenters. The number of ether oxygens (including phenoxy) is 2. The summed E-state index contributed by atoms with van der Waals surface area (Å²) in [5, 5.41) is 0. The summed E-state index contributed by atoms with van der Waals surface area (Å²) in [4.78, 5) is 31.0. The summed E-state index contributed by atoms with van der Waals surface area (Å²) in [6, 6.07) is 9.59. The second kappa shape index (κ2) is 8.21. The zero-order valence-electron chi connectivity index (χ0n) is 15.2. The zero-order valence-corrected chi connectivity index (χ0v) is 15.2. The fourth-order valence-corrected chi connectivity index (χ4v) is 2.53. The van der Waals surface area contributed by atoms with Gasteiger partial charge in [-0.3, -0.25) is 9.59 Å². The van der Waals surface area contributed by atoms with E-state index in [2.05, 4.69) is 14.7 Å². The molecule has 3 rings (SSSR count). The van der Waals surface area contributed by atoms with E-state index in [0.717, 1.165) is 0 Å². The van der Waals surface area contributed by atoms with E-state index in [1.807, 2.05) is 0 Å². The molecule has 1 N–H and O–H groups in total. The molecule has 2 heterocycles. The Morgan fingerprint density at radius 2 is 1.79 bits per heavy atom. The van der Waals surface area contributed by atoms with E-state index in [0.29, 0.717) is 11.3 Å². The van der Waals surface area contributed by atoms with Crippen molar-refractivity contribution in [1.29, 1.82) is 0 Å². The molecule has 0 spiro atoms. The van der Waals surface area contributed by atoms with Crippen molar-refractivity contribution in [3.05, 3.63) is 69.4 Å². The maximum atomic E-state index is 12.7. The summed E-state index contributed by atoms with van der Waals surface area (Å²) in [5.41, 5.74) is 0.201. The van der Waals surface area contributed by atoms with Gasteiger partial charge in [-0.2, -0.15) is 18.2 Å². The van der Waals surface area contributed by atoms with Crippen molar-refractivity contribution in [3.8, 4) is 28.7 Å². The van der Waals surface area contributed by atoms with Crippen LogP contribution in [-0.4, -0.2) is 33.9 Å². The summed E-state index contributed by atoms with van der Waals surface area (Å²) in [6.45, 7) is 0.519. The number of hydrogen-bond acceptors (Lipinski definition) is 5. The van der Waals surface area contributed by atoms with E-state index in [9.17, 15) is 22.8 Å². The minimum atomic E-state index is -4.45. The van der Waals surface area contributed by atoms with E-state index < -0.39 is 18.3 Å². The molecular formula is C19H16F3N3O4. The van der Waals surface area contributed by atoms with Gasteiger partial charge in [-0.25, -0.2) is 4.57 Å². The highest BCUT2D eigenvalue weighted by Crippen LogP contribution is 2.23. The van der Waals surface area contributed by atoms with Crippen molar-refractivity contribution >= 4 is 0 Å². The van der Waals surface area contributed by atoms with Crippen LogP contribution < -0.4 is 20.6 Å². The van der Waals surface area contributed by atoms with Gasteiger partial charge in [0.25, 0.3) is 5.56 Å². The molecule has 0 atom stereocenters. The minimum Gasteiger partial charge on any atom is -0.484 e. The normalized spacial score (nSPS) is 11.3. The van der Waals surface area contributed by atoms with Crippen LogP contribution in [0.4, 0.5) is 13.2 Å². The molecule has 2 aromatic heterocycles. The van der Waals surface area contributed by atoms with E-state index >= 15 is 0 Å². The lowest BCUT2D eigenvalue weighted by Gasteiger charge is -2.14. The Morgan fingerprint density at radius 1 is 1.07 bits per heavy atom. The summed E-state index contributed by atoms with van der Waals surface area (Å²) < 4.78 is 48.1. The number of halogens is 3. The van der Waals surface area contributed by atoms with Crippen LogP contribution in [0, 0.1) is 0 Å². The standard InChI is InChI=1S/C19H16F3N3O4/c1-2-28-18-24-15(12-7-8-23-16(26)9-12)10-17(27)25(18)13-3-5-14(6-4-13)29-11-19(20,21)22/h3-10H,2,11H2,1H3,(H,23,26). The molecule has 0 radical (unpaired) electrons. The van der Waals surface area contributed by atoms with Gasteiger partial charge in [-0.15, -0.1) is 0 Å². The maximum absolute atomic E-state index is 12.7. The van der Waals surface area contributed by atoms with Crippen molar-refractivity contribution in [2.24, 2.45) is 0 Å². The lowest BCUT2D eigenvalue weighted by Crippen LogP contribution is -2.22. The number of benzene rings is 1. The zero-order chi connectivity index (χ0) is 21.0. The Labute approximate surface area is 162 Å². The Kier molecular flexibility index (Phi) is 5.71.